The van der Waals surface area contributed by atoms with Gasteiger partial charge in [-0.2, -0.15) is 0 Å². The summed E-state index contributed by atoms with van der Waals surface area (Å²) in [7, 11) is -6.47. The fourth-order valence-electron chi connectivity index (χ4n) is 1.51. The van der Waals surface area contributed by atoms with Crippen molar-refractivity contribution in [2.45, 2.75) is 40.0 Å². The van der Waals surface area contributed by atoms with Crippen LogP contribution in [-0.4, -0.2) is 32.4 Å². The van der Waals surface area contributed by atoms with Gasteiger partial charge in [-0.05, 0) is 19.8 Å². The molecule has 0 fully saturated rings. The summed E-state index contributed by atoms with van der Waals surface area (Å²) in [5, 5.41) is 0. The molecule has 0 radical (unpaired) electrons. The van der Waals surface area contributed by atoms with Gasteiger partial charge >= 0.3 is 7.25 Å². The first kappa shape index (κ1) is 18.6. The fraction of sp³-hybridized carbons (Fsp3) is 1.00. The van der Waals surface area contributed by atoms with Crippen molar-refractivity contribution in [3.63, 3.8) is 0 Å². The van der Waals surface area contributed by atoms with Crippen LogP contribution in [0.15, 0.2) is 0 Å². The lowest BCUT2D eigenvalue weighted by atomic mass is 10.3. The molecule has 16 heavy (non-hydrogen) atoms. The summed E-state index contributed by atoms with van der Waals surface area (Å²) in [6.07, 6.45) is 8.73. The smallest absolute Gasteiger partial charge is 0.418 e. The number of halogens is 4. The zero-order valence-electron chi connectivity index (χ0n) is 10.8. The Hall–Kier alpha value is 0.215. The Kier molecular flexibility index (Phi) is 10.8. The Morgan fingerprint density at radius 3 is 1.56 bits per heavy atom. The zero-order valence-corrected chi connectivity index (χ0v) is 11.7. The molecule has 0 aliphatic rings. The second-order valence-electron chi connectivity index (χ2n) is 4.23. The fourth-order valence-corrected chi connectivity index (χ4v) is 4.52. The van der Waals surface area contributed by atoms with Crippen molar-refractivity contribution in [3.05, 3.63) is 0 Å². The lowest BCUT2D eigenvalue weighted by Gasteiger charge is -2.20. The Morgan fingerprint density at radius 2 is 1.31 bits per heavy atom. The summed E-state index contributed by atoms with van der Waals surface area (Å²) in [5.74, 6) is 0. The lowest BCUT2D eigenvalue weighted by molar-refractivity contribution is 0.368. The van der Waals surface area contributed by atoms with E-state index in [9.17, 15) is 17.3 Å². The Labute approximate surface area is 97.6 Å². The summed E-state index contributed by atoms with van der Waals surface area (Å²) in [6, 6.07) is 0. The minimum Gasteiger partial charge on any atom is -0.418 e. The van der Waals surface area contributed by atoms with Gasteiger partial charge in [-0.25, -0.2) is 0 Å². The predicted octanol–water partition coefficient (Wildman–Crippen LogP) is 5.16. The maximum absolute atomic E-state index is 9.75. The van der Waals surface area contributed by atoms with Gasteiger partial charge in [-0.1, -0.05) is 20.3 Å². The number of unbranched alkanes of at least 4 members (excludes halogenated alkanes) is 1. The van der Waals surface area contributed by atoms with Crippen LogP contribution >= 0.6 is 7.26 Å². The second kappa shape index (κ2) is 9.27. The van der Waals surface area contributed by atoms with Crippen molar-refractivity contribution in [2.75, 3.05) is 25.2 Å². The highest BCUT2D eigenvalue weighted by atomic mass is 31.2. The summed E-state index contributed by atoms with van der Waals surface area (Å²) in [6.45, 7) is 9.54. The van der Waals surface area contributed by atoms with E-state index in [2.05, 4.69) is 27.4 Å². The van der Waals surface area contributed by atoms with Gasteiger partial charge in [0.25, 0.3) is 0 Å². The quantitative estimate of drug-likeness (QED) is 0.352. The molecule has 0 rings (SSSR count). The molecule has 0 aromatic carbocycles. The third kappa shape index (κ3) is 16.6. The molecule has 0 N–H and O–H groups in total. The van der Waals surface area contributed by atoms with Gasteiger partial charge < -0.3 is 17.3 Å². The molecule has 0 saturated carbocycles. The maximum Gasteiger partial charge on any atom is 0.673 e. The number of hydrogen-bond donors (Lipinski definition) is 0. The molecule has 0 aromatic rings. The SMILES string of the molecule is CCCC[P+](C)(CC)CCC.F[B-](F)(F)F. The van der Waals surface area contributed by atoms with Gasteiger partial charge in [0.2, 0.25) is 0 Å². The average Bonchev–Trinajstić information content (AvgIpc) is 2.13. The summed E-state index contributed by atoms with van der Waals surface area (Å²) in [4.78, 5) is 0. The van der Waals surface area contributed by atoms with Crippen molar-refractivity contribution in [1.29, 1.82) is 0 Å². The van der Waals surface area contributed by atoms with Gasteiger partial charge in [0.15, 0.2) is 0 Å². The molecule has 100 valence electrons. The van der Waals surface area contributed by atoms with Crippen molar-refractivity contribution in [2.24, 2.45) is 0 Å². The van der Waals surface area contributed by atoms with E-state index in [0.29, 0.717) is 0 Å². The van der Waals surface area contributed by atoms with Crippen molar-refractivity contribution in [3.8, 4) is 0 Å². The summed E-state index contributed by atoms with van der Waals surface area (Å²) < 4.78 is 39.0. The van der Waals surface area contributed by atoms with E-state index in [1.54, 1.807) is 0 Å². The second-order valence-corrected chi connectivity index (χ2v) is 9.00. The van der Waals surface area contributed by atoms with Crippen molar-refractivity contribution in [1.82, 2.24) is 0 Å². The third-order valence-electron chi connectivity index (χ3n) is 2.58. The highest BCUT2D eigenvalue weighted by Gasteiger charge is 2.26. The standard InChI is InChI=1S/C10H24P.BF4/c1-5-8-10-11(4,7-3)9-6-2;2-1(3,4)5/h5-10H2,1-4H3;/q+1;-1. The minimum absolute atomic E-state index is 0.467. The molecule has 0 bridgehead atoms. The average molecular weight is 262 g/mol. The first-order valence-electron chi connectivity index (χ1n) is 5.89. The highest BCUT2D eigenvalue weighted by Crippen LogP contribution is 2.55. The lowest BCUT2D eigenvalue weighted by Crippen LogP contribution is -2.04. The molecular weight excluding hydrogens is 238 g/mol. The molecule has 0 aliphatic heterocycles. The van der Waals surface area contributed by atoms with E-state index in [1.165, 1.54) is 37.7 Å². The normalized spacial score (nSPS) is 15.0. The van der Waals surface area contributed by atoms with Crippen LogP contribution in [-0.2, 0) is 0 Å². The molecule has 0 amide bonds. The molecule has 1 atom stereocenters. The van der Waals surface area contributed by atoms with E-state index >= 15 is 0 Å². The zero-order chi connectivity index (χ0) is 13.2. The summed E-state index contributed by atoms with van der Waals surface area (Å²) >= 11 is 0. The molecule has 1 unspecified atom stereocenters. The minimum atomic E-state index is -6.00. The van der Waals surface area contributed by atoms with E-state index in [0.717, 1.165) is 0 Å². The Morgan fingerprint density at radius 1 is 0.875 bits per heavy atom. The monoisotopic (exact) mass is 262 g/mol. The molecule has 6 heteroatoms. The van der Waals surface area contributed by atoms with Crippen LogP contribution in [0.1, 0.15) is 40.0 Å². The van der Waals surface area contributed by atoms with Crippen LogP contribution in [0, 0.1) is 0 Å². The van der Waals surface area contributed by atoms with Gasteiger partial charge in [0, 0.05) is 13.9 Å². The van der Waals surface area contributed by atoms with E-state index < -0.39 is 14.5 Å². The van der Waals surface area contributed by atoms with Crippen LogP contribution in [0.2, 0.25) is 0 Å². The van der Waals surface area contributed by atoms with Crippen LogP contribution in [0.25, 0.3) is 0 Å². The molecule has 0 aromatic heterocycles. The topological polar surface area (TPSA) is 0 Å². The van der Waals surface area contributed by atoms with E-state index in [1.807, 2.05) is 0 Å². The molecule has 0 saturated heterocycles. The van der Waals surface area contributed by atoms with Gasteiger partial charge in [-0.3, -0.25) is 0 Å². The third-order valence-corrected chi connectivity index (χ3v) is 7.03. The van der Waals surface area contributed by atoms with E-state index in [-0.39, 0.29) is 0 Å². The molecule has 0 nitrogen and oxygen atoms in total. The largest absolute Gasteiger partial charge is 0.673 e. The molecule has 0 spiro atoms. The van der Waals surface area contributed by atoms with Gasteiger partial charge in [-0.15, -0.1) is 0 Å². The summed E-state index contributed by atoms with van der Waals surface area (Å²) in [5.41, 5.74) is 0. The number of hydrogen-bond acceptors (Lipinski definition) is 0. The van der Waals surface area contributed by atoms with Gasteiger partial charge in [0.05, 0.1) is 18.5 Å². The van der Waals surface area contributed by atoms with Crippen LogP contribution in [0.3, 0.4) is 0 Å². The Balaban J connectivity index is 0. The number of rotatable bonds is 6. The predicted molar refractivity (Wildman–Crippen MR) is 68.5 cm³/mol. The van der Waals surface area contributed by atoms with Crippen LogP contribution < -0.4 is 0 Å². The van der Waals surface area contributed by atoms with Crippen molar-refractivity contribution >= 4 is 14.5 Å². The maximum atomic E-state index is 9.75. The first-order valence-corrected chi connectivity index (χ1v) is 8.68. The van der Waals surface area contributed by atoms with Gasteiger partial charge in [0.1, 0.15) is 0 Å². The Bertz CT molecular complexity index is 157. The van der Waals surface area contributed by atoms with Crippen molar-refractivity contribution < 1.29 is 17.3 Å². The van der Waals surface area contributed by atoms with Crippen LogP contribution in [0.4, 0.5) is 17.3 Å². The van der Waals surface area contributed by atoms with Crippen LogP contribution in [0.5, 0.6) is 0 Å². The molecule has 0 aliphatic carbocycles. The van der Waals surface area contributed by atoms with E-state index in [4.69, 9.17) is 0 Å². The molecular formula is C10H24BF4P. The highest BCUT2D eigenvalue weighted by molar-refractivity contribution is 7.75. The molecule has 0 heterocycles. The first-order chi connectivity index (χ1) is 7.18.